The van der Waals surface area contributed by atoms with Gasteiger partial charge in [0.25, 0.3) is 5.56 Å². The van der Waals surface area contributed by atoms with Gasteiger partial charge in [-0.2, -0.15) is 5.26 Å². The summed E-state index contributed by atoms with van der Waals surface area (Å²) in [5.41, 5.74) is 3.14. The van der Waals surface area contributed by atoms with Crippen LogP contribution in [0.3, 0.4) is 0 Å². The molecule has 8 nitrogen and oxygen atoms in total. The molecule has 2 aliphatic rings. The number of benzene rings is 1. The van der Waals surface area contributed by atoms with Gasteiger partial charge >= 0.3 is 6.09 Å². The number of H-pyrrole nitrogens is 1. The molecular weight excluding hydrogens is 430 g/mol. The zero-order valence-electron chi connectivity index (χ0n) is 20.4. The van der Waals surface area contributed by atoms with Crippen molar-refractivity contribution in [2.45, 2.75) is 58.8 Å². The lowest BCUT2D eigenvalue weighted by molar-refractivity contribution is 0.0218. The average molecular weight is 464 g/mol. The number of fused-ring (bicyclic) bond motifs is 1. The molecule has 3 heterocycles. The van der Waals surface area contributed by atoms with Crippen molar-refractivity contribution < 1.29 is 9.53 Å². The molecule has 1 fully saturated rings. The van der Waals surface area contributed by atoms with E-state index in [4.69, 9.17) is 4.74 Å². The minimum Gasteiger partial charge on any atom is -0.444 e. The number of piperazine rings is 1. The van der Waals surface area contributed by atoms with Crippen molar-refractivity contribution in [3.8, 4) is 6.07 Å². The van der Waals surface area contributed by atoms with Crippen molar-refractivity contribution in [2.24, 2.45) is 0 Å². The van der Waals surface area contributed by atoms with Gasteiger partial charge in [-0.05, 0) is 45.2 Å². The first-order valence-corrected chi connectivity index (χ1v) is 11.8. The van der Waals surface area contributed by atoms with Crippen molar-refractivity contribution >= 4 is 11.8 Å². The Hall–Kier alpha value is -3.31. The van der Waals surface area contributed by atoms with Crippen molar-refractivity contribution in [1.29, 1.82) is 5.26 Å². The normalized spacial score (nSPS) is 18.9. The van der Waals surface area contributed by atoms with E-state index in [0.29, 0.717) is 26.2 Å². The van der Waals surface area contributed by atoms with E-state index in [1.807, 2.05) is 45.9 Å². The predicted octanol–water partition coefficient (Wildman–Crippen LogP) is 3.25. The molecule has 1 amide bonds. The molecule has 1 aromatic carbocycles. The van der Waals surface area contributed by atoms with E-state index in [-0.39, 0.29) is 23.3 Å². The van der Waals surface area contributed by atoms with Gasteiger partial charge in [0.05, 0.1) is 5.69 Å². The SMILES string of the molecule is C[C@H]1CN(C(=O)OC(C)(C)C)CCN1c1c2c([nH]c(=O)c1C#N)CN(Cc1ccccc1)CC2. The Morgan fingerprint density at radius 1 is 1.21 bits per heavy atom. The number of anilines is 1. The van der Waals surface area contributed by atoms with E-state index < -0.39 is 5.60 Å². The number of carbonyl (C=O) groups is 1. The van der Waals surface area contributed by atoms with Gasteiger partial charge in [0.1, 0.15) is 17.2 Å². The minimum absolute atomic E-state index is 0.0541. The fourth-order valence-corrected chi connectivity index (χ4v) is 4.83. The number of nitrogens with zero attached hydrogens (tertiary/aromatic N) is 4. The number of hydrogen-bond acceptors (Lipinski definition) is 6. The monoisotopic (exact) mass is 463 g/mol. The Bertz CT molecular complexity index is 1150. The largest absolute Gasteiger partial charge is 0.444 e. The molecule has 1 saturated heterocycles. The molecule has 4 rings (SSSR count). The van der Waals surface area contributed by atoms with Crippen LogP contribution in [0.2, 0.25) is 0 Å². The van der Waals surface area contributed by atoms with Gasteiger partial charge in [-0.15, -0.1) is 0 Å². The highest BCUT2D eigenvalue weighted by Crippen LogP contribution is 2.32. The lowest BCUT2D eigenvalue weighted by Gasteiger charge is -2.43. The van der Waals surface area contributed by atoms with Crippen LogP contribution in [0.15, 0.2) is 35.1 Å². The summed E-state index contributed by atoms with van der Waals surface area (Å²) < 4.78 is 5.54. The Labute approximate surface area is 200 Å². The summed E-state index contributed by atoms with van der Waals surface area (Å²) in [6.45, 7) is 11.4. The van der Waals surface area contributed by atoms with Crippen molar-refractivity contribution in [3.63, 3.8) is 0 Å². The molecule has 2 aromatic rings. The maximum atomic E-state index is 12.9. The maximum Gasteiger partial charge on any atom is 0.410 e. The van der Waals surface area contributed by atoms with Gasteiger partial charge in [0.2, 0.25) is 0 Å². The van der Waals surface area contributed by atoms with E-state index in [1.54, 1.807) is 4.90 Å². The first-order chi connectivity index (χ1) is 16.2. The molecule has 0 aliphatic carbocycles. The summed E-state index contributed by atoms with van der Waals surface area (Å²) in [6.07, 6.45) is 0.422. The molecule has 0 unspecified atom stereocenters. The molecule has 1 atom stereocenters. The fraction of sp³-hybridized carbons (Fsp3) is 0.500. The minimum atomic E-state index is -0.553. The predicted molar refractivity (Wildman–Crippen MR) is 131 cm³/mol. The number of pyridine rings is 1. The van der Waals surface area contributed by atoms with Gasteiger partial charge in [-0.3, -0.25) is 9.69 Å². The number of aromatic nitrogens is 1. The standard InChI is InChI=1S/C26H33N5O3/c1-18-15-30(25(33)34-26(2,3)4)12-13-31(18)23-20-10-11-29(16-19-8-6-5-7-9-19)17-22(20)28-24(32)21(23)14-27/h5-9,18H,10-13,15-17H2,1-4H3,(H,28,32)/t18-/m0/s1. The molecule has 0 saturated carbocycles. The summed E-state index contributed by atoms with van der Waals surface area (Å²) >= 11 is 0. The molecule has 8 heteroatoms. The Balaban J connectivity index is 1.58. The van der Waals surface area contributed by atoms with Crippen LogP contribution < -0.4 is 10.5 Å². The molecule has 2 aliphatic heterocycles. The Morgan fingerprint density at radius 2 is 1.94 bits per heavy atom. The van der Waals surface area contributed by atoms with E-state index in [9.17, 15) is 14.9 Å². The zero-order valence-corrected chi connectivity index (χ0v) is 20.4. The van der Waals surface area contributed by atoms with Crippen LogP contribution in [0.5, 0.6) is 0 Å². The summed E-state index contributed by atoms with van der Waals surface area (Å²) in [6, 6.07) is 12.4. The van der Waals surface area contributed by atoms with E-state index in [2.05, 4.69) is 33.0 Å². The Morgan fingerprint density at radius 3 is 2.59 bits per heavy atom. The van der Waals surface area contributed by atoms with Crippen molar-refractivity contribution in [1.82, 2.24) is 14.8 Å². The molecule has 0 spiro atoms. The van der Waals surface area contributed by atoms with Gasteiger partial charge < -0.3 is 19.5 Å². The first kappa shape index (κ1) is 23.8. The first-order valence-electron chi connectivity index (χ1n) is 11.8. The number of hydrogen-bond donors (Lipinski definition) is 1. The average Bonchev–Trinajstić information content (AvgIpc) is 2.78. The Kier molecular flexibility index (Phi) is 6.67. The molecule has 1 N–H and O–H groups in total. The van der Waals surface area contributed by atoms with E-state index in [1.165, 1.54) is 5.56 Å². The second kappa shape index (κ2) is 9.51. The molecule has 34 heavy (non-hydrogen) atoms. The highest BCUT2D eigenvalue weighted by molar-refractivity contribution is 5.70. The third kappa shape index (κ3) is 5.10. The lowest BCUT2D eigenvalue weighted by atomic mass is 9.97. The summed E-state index contributed by atoms with van der Waals surface area (Å²) in [5.74, 6) is 0. The smallest absolute Gasteiger partial charge is 0.410 e. The third-order valence-electron chi connectivity index (χ3n) is 6.37. The molecule has 0 bridgehead atoms. The number of carbonyl (C=O) groups excluding carboxylic acids is 1. The van der Waals surface area contributed by atoms with Crippen molar-refractivity contribution in [3.05, 3.63) is 63.1 Å². The van der Waals surface area contributed by atoms with Crippen LogP contribution in [-0.2, 0) is 24.2 Å². The topological polar surface area (TPSA) is 92.7 Å². The van der Waals surface area contributed by atoms with Crippen LogP contribution in [0.25, 0.3) is 0 Å². The summed E-state index contributed by atoms with van der Waals surface area (Å²) in [5, 5.41) is 9.84. The number of amides is 1. The quantitative estimate of drug-likeness (QED) is 0.751. The number of nitriles is 1. The second-order valence-electron chi connectivity index (χ2n) is 10.2. The number of aromatic amines is 1. The van der Waals surface area contributed by atoms with Crippen LogP contribution in [-0.4, -0.2) is 58.7 Å². The van der Waals surface area contributed by atoms with E-state index >= 15 is 0 Å². The van der Waals surface area contributed by atoms with Gasteiger partial charge in [0.15, 0.2) is 0 Å². The summed E-state index contributed by atoms with van der Waals surface area (Å²) in [7, 11) is 0. The molecular formula is C26H33N5O3. The summed E-state index contributed by atoms with van der Waals surface area (Å²) in [4.78, 5) is 34.6. The van der Waals surface area contributed by atoms with Crippen LogP contribution in [0.1, 0.15) is 50.1 Å². The molecule has 1 aromatic heterocycles. The van der Waals surface area contributed by atoms with Gasteiger partial charge in [0, 0.05) is 51.0 Å². The van der Waals surface area contributed by atoms with Crippen LogP contribution >= 0.6 is 0 Å². The lowest BCUT2D eigenvalue weighted by Crippen LogP contribution is -2.55. The third-order valence-corrected chi connectivity index (χ3v) is 6.37. The van der Waals surface area contributed by atoms with Gasteiger partial charge in [-0.25, -0.2) is 4.79 Å². The molecule has 180 valence electrons. The van der Waals surface area contributed by atoms with Crippen molar-refractivity contribution in [2.75, 3.05) is 31.1 Å². The van der Waals surface area contributed by atoms with Crippen LogP contribution in [0, 0.1) is 11.3 Å². The fourth-order valence-electron chi connectivity index (χ4n) is 4.83. The van der Waals surface area contributed by atoms with Gasteiger partial charge in [-0.1, -0.05) is 30.3 Å². The number of nitrogens with one attached hydrogen (secondary N) is 1. The second-order valence-corrected chi connectivity index (χ2v) is 10.2. The van der Waals surface area contributed by atoms with E-state index in [0.717, 1.165) is 36.5 Å². The zero-order chi connectivity index (χ0) is 24.5. The molecule has 0 radical (unpaired) electrons. The highest BCUT2D eigenvalue weighted by atomic mass is 16.6. The van der Waals surface area contributed by atoms with Crippen LogP contribution in [0.4, 0.5) is 10.5 Å². The highest BCUT2D eigenvalue weighted by Gasteiger charge is 2.34. The maximum absolute atomic E-state index is 12.9. The number of ether oxygens (including phenoxy) is 1. The number of rotatable bonds is 3.